The number of carbonyl (C=O) groups excluding carboxylic acids is 1. The maximum atomic E-state index is 13.8. The Labute approximate surface area is 116 Å². The molecule has 4 N–H and O–H groups in total. The summed E-state index contributed by atoms with van der Waals surface area (Å²) in [5.41, 5.74) is 12.7. The van der Waals surface area contributed by atoms with E-state index in [2.05, 4.69) is 0 Å². The topological polar surface area (TPSA) is 78.3 Å². The first-order chi connectivity index (χ1) is 9.38. The summed E-state index contributed by atoms with van der Waals surface area (Å²) in [5.74, 6) is -0.949. The lowest BCUT2D eigenvalue weighted by atomic mass is 10.1. The molecule has 0 atom stereocenters. The fourth-order valence-corrected chi connectivity index (χ4v) is 1.89. The summed E-state index contributed by atoms with van der Waals surface area (Å²) in [4.78, 5) is 11.2. The maximum Gasteiger partial charge on any atom is 0.250 e. The van der Waals surface area contributed by atoms with Gasteiger partial charge in [-0.2, -0.15) is 0 Å². The van der Waals surface area contributed by atoms with Gasteiger partial charge in [-0.05, 0) is 31.5 Å². The molecular weight excluding hydrogens is 259 g/mol. The van der Waals surface area contributed by atoms with Gasteiger partial charge in [0.15, 0.2) is 11.6 Å². The smallest absolute Gasteiger partial charge is 0.250 e. The minimum absolute atomic E-state index is 0.0111. The van der Waals surface area contributed by atoms with Crippen molar-refractivity contribution in [3.05, 3.63) is 52.8 Å². The second kappa shape index (κ2) is 5.21. The molecule has 0 fully saturated rings. The third kappa shape index (κ3) is 2.71. The van der Waals surface area contributed by atoms with E-state index >= 15 is 0 Å². The number of nitrogen functional groups attached to an aromatic ring is 1. The summed E-state index contributed by atoms with van der Waals surface area (Å²) in [5, 5.41) is 0. The summed E-state index contributed by atoms with van der Waals surface area (Å²) in [6.07, 6.45) is 0. The second-order valence-corrected chi connectivity index (χ2v) is 4.61. The maximum absolute atomic E-state index is 13.8. The molecule has 0 heterocycles. The molecule has 0 aliphatic rings. The number of nitrogens with two attached hydrogens (primary N) is 2. The van der Waals surface area contributed by atoms with Crippen LogP contribution in [0.3, 0.4) is 0 Å². The van der Waals surface area contributed by atoms with Gasteiger partial charge in [-0.3, -0.25) is 4.79 Å². The average molecular weight is 274 g/mol. The van der Waals surface area contributed by atoms with Gasteiger partial charge in [0.25, 0.3) is 5.91 Å². The first-order valence-corrected chi connectivity index (χ1v) is 6.02. The minimum Gasteiger partial charge on any atom is -0.454 e. The van der Waals surface area contributed by atoms with Gasteiger partial charge < -0.3 is 16.2 Å². The average Bonchev–Trinajstić information content (AvgIpc) is 2.35. The lowest BCUT2D eigenvalue weighted by molar-refractivity contribution is 0.100. The molecule has 5 heteroatoms. The summed E-state index contributed by atoms with van der Waals surface area (Å²) in [7, 11) is 0. The number of benzene rings is 2. The summed E-state index contributed by atoms with van der Waals surface area (Å²) in [6, 6.07) is 7.75. The predicted octanol–water partition coefficient (Wildman–Crippen LogP) is 2.92. The molecule has 0 spiro atoms. The third-order valence-electron chi connectivity index (χ3n) is 2.92. The number of carbonyl (C=O) groups is 1. The molecule has 0 aliphatic heterocycles. The zero-order valence-corrected chi connectivity index (χ0v) is 11.2. The number of amides is 1. The molecule has 0 radical (unpaired) electrons. The number of anilines is 1. The highest BCUT2D eigenvalue weighted by atomic mass is 19.1. The van der Waals surface area contributed by atoms with E-state index in [0.717, 1.165) is 17.2 Å². The van der Waals surface area contributed by atoms with Gasteiger partial charge in [-0.1, -0.05) is 17.7 Å². The van der Waals surface area contributed by atoms with Crippen molar-refractivity contribution in [2.45, 2.75) is 13.8 Å². The SMILES string of the molecule is Cc1ccc(Oc2cc(C(N)=O)c(N)cc2F)c(C)c1. The van der Waals surface area contributed by atoms with Crippen LogP contribution in [-0.4, -0.2) is 5.91 Å². The second-order valence-electron chi connectivity index (χ2n) is 4.61. The van der Waals surface area contributed by atoms with Gasteiger partial charge in [0.05, 0.1) is 5.56 Å². The Morgan fingerprint density at radius 1 is 1.15 bits per heavy atom. The zero-order valence-electron chi connectivity index (χ0n) is 11.2. The highest BCUT2D eigenvalue weighted by Crippen LogP contribution is 2.30. The Hall–Kier alpha value is -2.56. The molecule has 4 nitrogen and oxygen atoms in total. The van der Waals surface area contributed by atoms with E-state index in [4.69, 9.17) is 16.2 Å². The van der Waals surface area contributed by atoms with Crippen LogP contribution < -0.4 is 16.2 Å². The molecule has 0 saturated heterocycles. The number of aryl methyl sites for hydroxylation is 2. The molecule has 2 aromatic rings. The number of rotatable bonds is 3. The largest absolute Gasteiger partial charge is 0.454 e. The first-order valence-electron chi connectivity index (χ1n) is 6.02. The molecule has 2 aromatic carbocycles. The van der Waals surface area contributed by atoms with Crippen molar-refractivity contribution in [3.8, 4) is 11.5 Å². The molecule has 0 unspecified atom stereocenters. The predicted molar refractivity (Wildman–Crippen MR) is 75.3 cm³/mol. The number of primary amides is 1. The zero-order chi connectivity index (χ0) is 14.9. The van der Waals surface area contributed by atoms with Crippen molar-refractivity contribution in [3.63, 3.8) is 0 Å². The van der Waals surface area contributed by atoms with Crippen LogP contribution in [0.25, 0.3) is 0 Å². The molecule has 0 bridgehead atoms. The van der Waals surface area contributed by atoms with Crippen LogP contribution in [0.5, 0.6) is 11.5 Å². The van der Waals surface area contributed by atoms with Crippen LogP contribution in [0.2, 0.25) is 0 Å². The van der Waals surface area contributed by atoms with Crippen molar-refractivity contribution in [1.82, 2.24) is 0 Å². The van der Waals surface area contributed by atoms with E-state index in [0.29, 0.717) is 5.75 Å². The van der Waals surface area contributed by atoms with E-state index in [9.17, 15) is 9.18 Å². The Bertz CT molecular complexity index is 684. The highest BCUT2D eigenvalue weighted by Gasteiger charge is 2.14. The number of hydrogen-bond acceptors (Lipinski definition) is 3. The van der Waals surface area contributed by atoms with Crippen molar-refractivity contribution >= 4 is 11.6 Å². The number of hydrogen-bond donors (Lipinski definition) is 2. The van der Waals surface area contributed by atoms with Crippen LogP contribution in [0, 0.1) is 19.7 Å². The van der Waals surface area contributed by atoms with E-state index in [-0.39, 0.29) is 17.0 Å². The number of ether oxygens (including phenoxy) is 1. The Kier molecular flexibility index (Phi) is 3.61. The van der Waals surface area contributed by atoms with Crippen molar-refractivity contribution < 1.29 is 13.9 Å². The molecule has 0 aliphatic carbocycles. The van der Waals surface area contributed by atoms with E-state index in [1.54, 1.807) is 6.07 Å². The van der Waals surface area contributed by atoms with Crippen LogP contribution in [0.15, 0.2) is 30.3 Å². The van der Waals surface area contributed by atoms with E-state index in [1.807, 2.05) is 26.0 Å². The Morgan fingerprint density at radius 2 is 1.85 bits per heavy atom. The van der Waals surface area contributed by atoms with Crippen LogP contribution in [-0.2, 0) is 0 Å². The van der Waals surface area contributed by atoms with Crippen molar-refractivity contribution in [2.24, 2.45) is 5.73 Å². The van der Waals surface area contributed by atoms with Crippen LogP contribution in [0.4, 0.5) is 10.1 Å². The quantitative estimate of drug-likeness (QED) is 0.845. The van der Waals surface area contributed by atoms with Crippen LogP contribution in [0.1, 0.15) is 21.5 Å². The summed E-state index contributed by atoms with van der Waals surface area (Å²) >= 11 is 0. The van der Waals surface area contributed by atoms with Crippen LogP contribution >= 0.6 is 0 Å². The van der Waals surface area contributed by atoms with Gasteiger partial charge in [-0.15, -0.1) is 0 Å². The fourth-order valence-electron chi connectivity index (χ4n) is 1.89. The summed E-state index contributed by atoms with van der Waals surface area (Å²) in [6.45, 7) is 3.80. The Balaban J connectivity index is 2.43. The van der Waals surface area contributed by atoms with Gasteiger partial charge in [-0.25, -0.2) is 4.39 Å². The monoisotopic (exact) mass is 274 g/mol. The van der Waals surface area contributed by atoms with Gasteiger partial charge in [0.2, 0.25) is 0 Å². The van der Waals surface area contributed by atoms with Crippen molar-refractivity contribution in [1.29, 1.82) is 0 Å². The molecule has 20 heavy (non-hydrogen) atoms. The summed E-state index contributed by atoms with van der Waals surface area (Å²) < 4.78 is 19.3. The van der Waals surface area contributed by atoms with Gasteiger partial charge >= 0.3 is 0 Å². The van der Waals surface area contributed by atoms with Gasteiger partial charge in [0, 0.05) is 11.8 Å². The highest BCUT2D eigenvalue weighted by molar-refractivity contribution is 5.98. The minimum atomic E-state index is -0.729. The normalized spacial score (nSPS) is 10.3. The lowest BCUT2D eigenvalue weighted by Gasteiger charge is -2.12. The van der Waals surface area contributed by atoms with Crippen molar-refractivity contribution in [2.75, 3.05) is 5.73 Å². The molecular formula is C15H15FN2O2. The molecule has 0 aromatic heterocycles. The molecule has 0 saturated carbocycles. The lowest BCUT2D eigenvalue weighted by Crippen LogP contribution is -2.14. The number of halogens is 1. The molecule has 1 amide bonds. The Morgan fingerprint density at radius 3 is 2.45 bits per heavy atom. The molecule has 2 rings (SSSR count). The van der Waals surface area contributed by atoms with E-state index in [1.165, 1.54) is 6.07 Å². The standard InChI is InChI=1S/C15H15FN2O2/c1-8-3-4-13(9(2)5-8)20-14-6-10(15(18)19)12(17)7-11(14)16/h3-7H,17H2,1-2H3,(H2,18,19). The fraction of sp³-hybridized carbons (Fsp3) is 0.133. The van der Waals surface area contributed by atoms with E-state index < -0.39 is 11.7 Å². The third-order valence-corrected chi connectivity index (χ3v) is 2.92. The first kappa shape index (κ1) is 13.9. The van der Waals surface area contributed by atoms with Gasteiger partial charge in [0.1, 0.15) is 5.75 Å². The molecule has 104 valence electrons.